The van der Waals surface area contributed by atoms with E-state index in [1.807, 2.05) is 0 Å². The van der Waals surface area contributed by atoms with E-state index in [2.05, 4.69) is 6.58 Å². The predicted octanol–water partition coefficient (Wildman–Crippen LogP) is 10.6. The van der Waals surface area contributed by atoms with Crippen LogP contribution in [0.2, 0.25) is 0 Å². The number of carbonyl (C=O) groups excluding carboxylic acids is 2. The summed E-state index contributed by atoms with van der Waals surface area (Å²) in [6, 6.07) is 21.0. The number of ether oxygens (including phenoxy) is 2. The maximum absolute atomic E-state index is 15.1. The van der Waals surface area contributed by atoms with Gasteiger partial charge in [-0.3, -0.25) is 0 Å². The summed E-state index contributed by atoms with van der Waals surface area (Å²) in [4.78, 5) is 25.6. The molecule has 0 bridgehead atoms. The van der Waals surface area contributed by atoms with Gasteiger partial charge in [0.05, 0.1) is 22.3 Å². The molecule has 274 valence electrons. The molecule has 12 heteroatoms. The highest BCUT2D eigenvalue weighted by Crippen LogP contribution is 2.29. The molecule has 0 fully saturated rings. The first-order chi connectivity index (χ1) is 26.3. The molecule has 0 amide bonds. The van der Waals surface area contributed by atoms with Crippen molar-refractivity contribution in [2.24, 2.45) is 0 Å². The van der Waals surface area contributed by atoms with Gasteiger partial charge in [-0.15, -0.1) is 0 Å². The van der Waals surface area contributed by atoms with Crippen LogP contribution in [0.4, 0.5) is 26.3 Å². The van der Waals surface area contributed by atoms with Gasteiger partial charge in [-0.2, -0.15) is 10.5 Å². The number of benzene rings is 5. The van der Waals surface area contributed by atoms with Crippen LogP contribution in [0.3, 0.4) is 0 Å². The van der Waals surface area contributed by atoms with E-state index in [1.165, 1.54) is 66.7 Å². The first kappa shape index (κ1) is 39.0. The number of allylic oxidation sites excluding steroid dienone is 5. The maximum atomic E-state index is 15.1. The van der Waals surface area contributed by atoms with Crippen LogP contribution in [0, 0.1) is 51.7 Å². The van der Waals surface area contributed by atoms with Crippen molar-refractivity contribution >= 4 is 17.5 Å². The van der Waals surface area contributed by atoms with Crippen molar-refractivity contribution in [3.63, 3.8) is 0 Å². The lowest BCUT2D eigenvalue weighted by Gasteiger charge is -2.10. The standard InChI is InChI=1S/C43H26F6N2O4/c1-3-31(10-14-33(24(2)44)27-6-8-29(22-50)37(45)19-27)54-42(52)35-12-4-25(17-39(35)47)16-26-5-13-36(40(48)18-26)43(53)55-32-11-15-34(41(49)21-32)28-7-9-30(23-51)38(46)20-28/h4-15,17-21H,2-3,16H2,1H3. The van der Waals surface area contributed by atoms with Crippen LogP contribution in [0.5, 0.6) is 5.75 Å². The van der Waals surface area contributed by atoms with E-state index in [-0.39, 0.29) is 57.7 Å². The number of carbonyl (C=O) groups is 2. The molecule has 0 aliphatic carbocycles. The molecule has 0 saturated carbocycles. The number of hydrogen-bond acceptors (Lipinski definition) is 6. The molecule has 6 nitrogen and oxygen atoms in total. The lowest BCUT2D eigenvalue weighted by atomic mass is 10.0. The fourth-order valence-electron chi connectivity index (χ4n) is 5.32. The highest BCUT2D eigenvalue weighted by atomic mass is 19.1. The van der Waals surface area contributed by atoms with E-state index >= 15 is 8.78 Å². The zero-order valence-electron chi connectivity index (χ0n) is 28.7. The van der Waals surface area contributed by atoms with Crippen LogP contribution in [0.1, 0.15) is 61.9 Å². The number of nitrogens with zero attached hydrogens (tertiary/aromatic N) is 2. The number of nitriles is 2. The van der Waals surface area contributed by atoms with Gasteiger partial charge in [0.2, 0.25) is 0 Å². The second kappa shape index (κ2) is 17.1. The van der Waals surface area contributed by atoms with Gasteiger partial charge in [-0.05, 0) is 101 Å². The van der Waals surface area contributed by atoms with E-state index in [4.69, 9.17) is 20.0 Å². The Morgan fingerprint density at radius 1 is 0.691 bits per heavy atom. The first-order valence-electron chi connectivity index (χ1n) is 16.3. The summed E-state index contributed by atoms with van der Waals surface area (Å²) in [5, 5.41) is 17.8. The summed E-state index contributed by atoms with van der Waals surface area (Å²) < 4.78 is 97.8. The maximum Gasteiger partial charge on any atom is 0.346 e. The first-order valence-corrected chi connectivity index (χ1v) is 16.3. The summed E-state index contributed by atoms with van der Waals surface area (Å²) in [6.45, 7) is 4.87. The number of esters is 2. The molecule has 5 rings (SSSR count). The van der Waals surface area contributed by atoms with Gasteiger partial charge < -0.3 is 9.47 Å². The quantitative estimate of drug-likeness (QED) is 0.0438. The van der Waals surface area contributed by atoms with Crippen molar-refractivity contribution in [3.05, 3.63) is 189 Å². The van der Waals surface area contributed by atoms with E-state index in [1.54, 1.807) is 19.1 Å². The van der Waals surface area contributed by atoms with Gasteiger partial charge in [0, 0.05) is 23.6 Å². The van der Waals surface area contributed by atoms with Crippen LogP contribution in [0.25, 0.3) is 16.7 Å². The molecule has 0 N–H and O–H groups in total. The molecule has 0 spiro atoms. The fourth-order valence-corrected chi connectivity index (χ4v) is 5.32. The molecular weight excluding hydrogens is 722 g/mol. The smallest absolute Gasteiger partial charge is 0.346 e. The van der Waals surface area contributed by atoms with Gasteiger partial charge in [0.25, 0.3) is 0 Å². The second-order valence-electron chi connectivity index (χ2n) is 11.8. The molecule has 0 radical (unpaired) electrons. The fraction of sp³-hybridized carbons (Fsp3) is 0.0698. The molecular formula is C43H26F6N2O4. The Hall–Kier alpha value is -7.18. The molecule has 5 aromatic rings. The minimum Gasteiger partial charge on any atom is -0.427 e. The third-order valence-electron chi connectivity index (χ3n) is 8.17. The molecule has 0 heterocycles. The largest absolute Gasteiger partial charge is 0.427 e. The van der Waals surface area contributed by atoms with Crippen molar-refractivity contribution in [2.45, 2.75) is 19.8 Å². The summed E-state index contributed by atoms with van der Waals surface area (Å²) in [5.74, 6) is -7.77. The average molecular weight is 749 g/mol. The molecule has 0 aromatic heterocycles. The molecule has 0 atom stereocenters. The lowest BCUT2D eigenvalue weighted by molar-refractivity contribution is 0.0610. The Morgan fingerprint density at radius 3 is 1.82 bits per heavy atom. The molecule has 0 unspecified atom stereocenters. The molecule has 5 aromatic carbocycles. The van der Waals surface area contributed by atoms with E-state index in [0.29, 0.717) is 11.1 Å². The number of halogens is 6. The van der Waals surface area contributed by atoms with Gasteiger partial charge in [-0.1, -0.05) is 37.8 Å². The Bertz CT molecular complexity index is 2510. The Morgan fingerprint density at radius 2 is 1.29 bits per heavy atom. The highest BCUT2D eigenvalue weighted by molar-refractivity contribution is 5.92. The zero-order valence-corrected chi connectivity index (χ0v) is 28.7. The van der Waals surface area contributed by atoms with Gasteiger partial charge in [0.1, 0.15) is 58.6 Å². The molecule has 55 heavy (non-hydrogen) atoms. The van der Waals surface area contributed by atoms with E-state index < -0.39 is 58.0 Å². The van der Waals surface area contributed by atoms with Gasteiger partial charge >= 0.3 is 11.9 Å². The highest BCUT2D eigenvalue weighted by Gasteiger charge is 2.19. The molecule has 0 saturated heterocycles. The average Bonchev–Trinajstić information content (AvgIpc) is 3.14. The monoisotopic (exact) mass is 748 g/mol. The van der Waals surface area contributed by atoms with Crippen molar-refractivity contribution in [1.82, 2.24) is 0 Å². The Labute approximate surface area is 311 Å². The third-order valence-corrected chi connectivity index (χ3v) is 8.17. The van der Waals surface area contributed by atoms with E-state index in [9.17, 15) is 27.2 Å². The van der Waals surface area contributed by atoms with Crippen LogP contribution >= 0.6 is 0 Å². The van der Waals surface area contributed by atoms with Crippen molar-refractivity contribution < 1.29 is 45.4 Å². The van der Waals surface area contributed by atoms with Crippen molar-refractivity contribution in [1.29, 1.82) is 10.5 Å². The summed E-state index contributed by atoms with van der Waals surface area (Å²) in [5.41, 5.74) is -0.573. The Kier molecular flexibility index (Phi) is 12.1. The summed E-state index contributed by atoms with van der Waals surface area (Å²) >= 11 is 0. The van der Waals surface area contributed by atoms with Gasteiger partial charge in [-0.25, -0.2) is 35.9 Å². The SMILES string of the molecule is C=C(F)C(=CC=C(CC)OC(=O)c1ccc(Cc2ccc(C(=O)Oc3ccc(-c4ccc(C#N)c(F)c4)c(F)c3)c(F)c2)cc1F)c1ccc(C#N)c(F)c1. The van der Waals surface area contributed by atoms with Crippen molar-refractivity contribution in [2.75, 3.05) is 0 Å². The minimum absolute atomic E-state index is 0.00213. The topological polar surface area (TPSA) is 100 Å². The number of rotatable bonds is 11. The third kappa shape index (κ3) is 9.25. The van der Waals surface area contributed by atoms with Crippen LogP contribution in [-0.4, -0.2) is 11.9 Å². The lowest BCUT2D eigenvalue weighted by Crippen LogP contribution is -2.11. The summed E-state index contributed by atoms with van der Waals surface area (Å²) in [7, 11) is 0. The molecule has 0 aliphatic heterocycles. The minimum atomic E-state index is -1.13. The zero-order chi connectivity index (χ0) is 39.8. The predicted molar refractivity (Wildman–Crippen MR) is 190 cm³/mol. The second-order valence-corrected chi connectivity index (χ2v) is 11.8. The van der Waals surface area contributed by atoms with Gasteiger partial charge in [0.15, 0.2) is 0 Å². The van der Waals surface area contributed by atoms with E-state index in [0.717, 1.165) is 36.4 Å². The van der Waals surface area contributed by atoms with Crippen molar-refractivity contribution in [3.8, 4) is 29.0 Å². The van der Waals surface area contributed by atoms with Crippen LogP contribution in [0.15, 0.2) is 121 Å². The Balaban J connectivity index is 1.24. The molecule has 0 aliphatic rings. The van der Waals surface area contributed by atoms with Crippen LogP contribution < -0.4 is 4.74 Å². The normalized spacial score (nSPS) is 11.4. The summed E-state index contributed by atoms with van der Waals surface area (Å²) in [6.07, 6.45) is 2.60. The number of hydrogen-bond donors (Lipinski definition) is 0. The van der Waals surface area contributed by atoms with Crippen LogP contribution in [-0.2, 0) is 11.2 Å².